The third-order valence-corrected chi connectivity index (χ3v) is 6.35. The van der Waals surface area contributed by atoms with Crippen LogP contribution in [0, 0.1) is 5.92 Å². The van der Waals surface area contributed by atoms with E-state index < -0.39 is 10.0 Å². The van der Waals surface area contributed by atoms with Crippen molar-refractivity contribution in [1.29, 1.82) is 0 Å². The van der Waals surface area contributed by atoms with Gasteiger partial charge in [-0.25, -0.2) is 8.42 Å². The molecule has 1 atom stereocenters. The lowest BCUT2D eigenvalue weighted by atomic mass is 10.1. The summed E-state index contributed by atoms with van der Waals surface area (Å²) in [7, 11) is -3.36. The van der Waals surface area contributed by atoms with Gasteiger partial charge >= 0.3 is 0 Å². The van der Waals surface area contributed by atoms with Crippen molar-refractivity contribution in [3.8, 4) is 0 Å². The van der Waals surface area contributed by atoms with Crippen LogP contribution in [0.15, 0.2) is 29.4 Å². The van der Waals surface area contributed by atoms with Crippen LogP contribution >= 0.6 is 11.8 Å². The third-order valence-electron chi connectivity index (χ3n) is 4.66. The van der Waals surface area contributed by atoms with Crippen LogP contribution in [0.2, 0.25) is 0 Å². The lowest BCUT2D eigenvalue weighted by Crippen LogP contribution is -2.38. The number of aromatic nitrogens is 3. The Morgan fingerprint density at radius 2 is 1.81 bits per heavy atom. The van der Waals surface area contributed by atoms with Gasteiger partial charge < -0.3 is 9.64 Å². The molecule has 1 fully saturated rings. The molecule has 0 amide bonds. The largest absolute Gasteiger partial charge is 0.378 e. The first-order valence-electron chi connectivity index (χ1n) is 10.2. The van der Waals surface area contributed by atoms with Gasteiger partial charge in [0.25, 0.3) is 0 Å². The van der Waals surface area contributed by atoms with E-state index in [0.717, 1.165) is 31.8 Å². The molecule has 0 aliphatic carbocycles. The Labute approximate surface area is 187 Å². The maximum Gasteiger partial charge on any atom is 0.229 e. The molecule has 0 bridgehead atoms. The van der Waals surface area contributed by atoms with Crippen LogP contribution < -0.4 is 9.62 Å². The van der Waals surface area contributed by atoms with Gasteiger partial charge in [-0.15, -0.1) is 10.2 Å². The van der Waals surface area contributed by atoms with Gasteiger partial charge in [-0.05, 0) is 37.1 Å². The Morgan fingerprint density at radius 1 is 1.16 bits per heavy atom. The number of nitrogens with one attached hydrogen (secondary N) is 1. The number of ketones is 1. The number of sulfonamides is 1. The van der Waals surface area contributed by atoms with Crippen LogP contribution in [0.1, 0.15) is 31.1 Å². The van der Waals surface area contributed by atoms with Crippen LogP contribution in [-0.2, 0) is 21.3 Å². The third kappa shape index (κ3) is 6.44. The minimum absolute atomic E-state index is 0.0528. The van der Waals surface area contributed by atoms with E-state index in [9.17, 15) is 13.2 Å². The fourth-order valence-electron chi connectivity index (χ4n) is 3.25. The smallest absolute Gasteiger partial charge is 0.229 e. The zero-order chi connectivity index (χ0) is 22.6. The summed E-state index contributed by atoms with van der Waals surface area (Å²) in [5.41, 5.74) is 0.938. The number of rotatable bonds is 9. The molecular weight excluding hydrogens is 438 g/mol. The zero-order valence-electron chi connectivity index (χ0n) is 18.2. The minimum atomic E-state index is -3.36. The van der Waals surface area contributed by atoms with Crippen molar-refractivity contribution in [2.24, 2.45) is 5.92 Å². The number of Topliss-reactive ketones (excluding diaryl/α,β-unsaturated/α-hetero) is 1. The maximum atomic E-state index is 12.9. The second kappa shape index (κ2) is 10.0. The first-order chi connectivity index (χ1) is 14.6. The van der Waals surface area contributed by atoms with Gasteiger partial charge in [0.05, 0.1) is 24.7 Å². The highest BCUT2D eigenvalue weighted by atomic mass is 32.2. The Bertz CT molecular complexity index is 999. The number of nitrogens with zero attached hydrogens (tertiary/aromatic N) is 4. The summed E-state index contributed by atoms with van der Waals surface area (Å²) >= 11 is 1.38. The van der Waals surface area contributed by atoms with Crippen LogP contribution in [0.4, 0.5) is 11.6 Å². The standard InChI is InChI=1S/C20H29N5O4S2/c1-14(2)13-25-19(24-9-11-29-12-10-24)21-22-20(25)30-15(3)18(26)16-5-7-17(8-6-16)23-31(4,27)28/h5-8,14-15,23H,9-13H2,1-4H3. The minimum Gasteiger partial charge on any atom is -0.378 e. The first kappa shape index (κ1) is 23.6. The van der Waals surface area contributed by atoms with E-state index in [1.54, 1.807) is 24.3 Å². The summed E-state index contributed by atoms with van der Waals surface area (Å²) in [5, 5.41) is 9.13. The van der Waals surface area contributed by atoms with Crippen molar-refractivity contribution in [2.75, 3.05) is 42.2 Å². The Morgan fingerprint density at radius 3 is 2.39 bits per heavy atom. The molecule has 170 valence electrons. The van der Waals surface area contributed by atoms with E-state index >= 15 is 0 Å². The summed E-state index contributed by atoms with van der Waals surface area (Å²) < 4.78 is 32.6. The molecule has 0 radical (unpaired) electrons. The molecule has 1 saturated heterocycles. The highest BCUT2D eigenvalue weighted by Crippen LogP contribution is 2.29. The number of hydrogen-bond donors (Lipinski definition) is 1. The van der Waals surface area contributed by atoms with Crippen molar-refractivity contribution in [3.05, 3.63) is 29.8 Å². The Balaban J connectivity index is 1.75. The summed E-state index contributed by atoms with van der Waals surface area (Å²) in [6.45, 7) is 9.74. The van der Waals surface area contributed by atoms with Gasteiger partial charge in [0.1, 0.15) is 0 Å². The number of hydrogen-bond acceptors (Lipinski definition) is 8. The van der Waals surface area contributed by atoms with Gasteiger partial charge in [0.15, 0.2) is 10.9 Å². The lowest BCUT2D eigenvalue weighted by molar-refractivity contribution is 0.0994. The summed E-state index contributed by atoms with van der Waals surface area (Å²) in [6.07, 6.45) is 1.09. The van der Waals surface area contributed by atoms with Crippen molar-refractivity contribution in [3.63, 3.8) is 0 Å². The molecule has 1 aliphatic heterocycles. The summed E-state index contributed by atoms with van der Waals surface area (Å²) in [4.78, 5) is 15.1. The molecule has 9 nitrogen and oxygen atoms in total. The Kier molecular flexibility index (Phi) is 7.60. The number of ether oxygens (including phenoxy) is 1. The molecule has 1 aliphatic rings. The number of carbonyl (C=O) groups excluding carboxylic acids is 1. The first-order valence-corrected chi connectivity index (χ1v) is 13.0. The molecule has 11 heteroatoms. The molecule has 3 rings (SSSR count). The zero-order valence-corrected chi connectivity index (χ0v) is 19.9. The van der Waals surface area contributed by atoms with Gasteiger partial charge in [-0.1, -0.05) is 25.6 Å². The SMILES string of the molecule is CC(C)Cn1c(SC(C)C(=O)c2ccc(NS(C)(=O)=O)cc2)nnc1N1CCOCC1. The van der Waals surface area contributed by atoms with Gasteiger partial charge in [-0.3, -0.25) is 14.1 Å². The van der Waals surface area contributed by atoms with Crippen molar-refractivity contribution < 1.29 is 17.9 Å². The van der Waals surface area contributed by atoms with Crippen LogP contribution in [0.25, 0.3) is 0 Å². The molecular formula is C20H29N5O4S2. The molecule has 31 heavy (non-hydrogen) atoms. The average molecular weight is 468 g/mol. The summed E-state index contributed by atoms with van der Waals surface area (Å²) in [6, 6.07) is 6.43. The highest BCUT2D eigenvalue weighted by molar-refractivity contribution is 8.00. The monoisotopic (exact) mass is 467 g/mol. The van der Waals surface area contributed by atoms with Crippen molar-refractivity contribution >= 4 is 39.2 Å². The summed E-state index contributed by atoms with van der Waals surface area (Å²) in [5.74, 6) is 1.16. The van der Waals surface area contributed by atoms with E-state index in [1.165, 1.54) is 11.8 Å². The second-order valence-electron chi connectivity index (χ2n) is 7.96. The molecule has 0 spiro atoms. The quantitative estimate of drug-likeness (QED) is 0.443. The van der Waals surface area contributed by atoms with Crippen LogP contribution in [-0.4, -0.2) is 66.8 Å². The molecule has 1 aromatic heterocycles. The number of benzene rings is 1. The van der Waals surface area contributed by atoms with E-state index in [0.29, 0.717) is 35.5 Å². The fraction of sp³-hybridized carbons (Fsp3) is 0.550. The van der Waals surface area contributed by atoms with Gasteiger partial charge in [0, 0.05) is 30.9 Å². The van der Waals surface area contributed by atoms with Crippen molar-refractivity contribution in [1.82, 2.24) is 14.8 Å². The Hall–Kier alpha value is -2.11. The normalized spacial score (nSPS) is 15.8. The van der Waals surface area contributed by atoms with E-state index in [-0.39, 0.29) is 11.0 Å². The molecule has 1 N–H and O–H groups in total. The molecule has 1 aromatic carbocycles. The van der Waals surface area contributed by atoms with E-state index in [2.05, 4.69) is 38.2 Å². The predicted molar refractivity (Wildman–Crippen MR) is 122 cm³/mol. The van der Waals surface area contributed by atoms with Crippen LogP contribution in [0.5, 0.6) is 0 Å². The van der Waals surface area contributed by atoms with Gasteiger partial charge in [0.2, 0.25) is 16.0 Å². The molecule has 2 heterocycles. The van der Waals surface area contributed by atoms with Crippen LogP contribution in [0.3, 0.4) is 0 Å². The second-order valence-corrected chi connectivity index (χ2v) is 11.0. The topological polar surface area (TPSA) is 106 Å². The lowest BCUT2D eigenvalue weighted by Gasteiger charge is -2.28. The van der Waals surface area contributed by atoms with E-state index in [1.807, 2.05) is 6.92 Å². The van der Waals surface area contributed by atoms with Crippen molar-refractivity contribution in [2.45, 2.75) is 37.7 Å². The number of carbonyl (C=O) groups is 1. The molecule has 2 aromatic rings. The highest BCUT2D eigenvalue weighted by Gasteiger charge is 2.25. The van der Waals surface area contributed by atoms with E-state index in [4.69, 9.17) is 4.74 Å². The number of morpholine rings is 1. The predicted octanol–water partition coefficient (Wildman–Crippen LogP) is 2.51. The molecule has 1 unspecified atom stereocenters. The maximum absolute atomic E-state index is 12.9. The van der Waals surface area contributed by atoms with Gasteiger partial charge in [-0.2, -0.15) is 0 Å². The molecule has 0 saturated carbocycles. The number of thioether (sulfide) groups is 1. The average Bonchev–Trinajstić information content (AvgIpc) is 3.09. The number of anilines is 2. The fourth-order valence-corrected chi connectivity index (χ4v) is 4.75.